The molecule has 0 radical (unpaired) electrons. The van der Waals surface area contributed by atoms with Gasteiger partial charge in [0.05, 0.1) is 11.8 Å². The molecule has 0 heterocycles. The molecule has 1 saturated carbocycles. The van der Waals surface area contributed by atoms with E-state index in [-0.39, 0.29) is 23.7 Å². The lowest BCUT2D eigenvalue weighted by molar-refractivity contribution is -0.125. The molecule has 1 fully saturated rings. The van der Waals surface area contributed by atoms with Crippen molar-refractivity contribution in [2.24, 2.45) is 11.8 Å². The van der Waals surface area contributed by atoms with Crippen LogP contribution in [-0.4, -0.2) is 32.1 Å². The molecule has 1 aliphatic carbocycles. The van der Waals surface area contributed by atoms with E-state index in [1.54, 1.807) is 25.3 Å². The molecule has 1 aromatic rings. The Hall–Kier alpha value is -1.30. The molecule has 5 nitrogen and oxygen atoms in total. The normalized spacial score (nSPS) is 19.6. The van der Waals surface area contributed by atoms with Crippen molar-refractivity contribution in [3.05, 3.63) is 28.2 Å². The van der Waals surface area contributed by atoms with E-state index in [0.29, 0.717) is 35.3 Å². The summed E-state index contributed by atoms with van der Waals surface area (Å²) in [5.74, 6) is -0.812. The SMILES string of the molecule is COCCCNC(=O)C1CC1C(=O)Nc1cc(Cl)cc(Cl)c1. The van der Waals surface area contributed by atoms with Gasteiger partial charge in [-0.05, 0) is 31.0 Å². The highest BCUT2D eigenvalue weighted by Crippen LogP contribution is 2.39. The first kappa shape index (κ1) is 17.1. The summed E-state index contributed by atoms with van der Waals surface area (Å²) in [5, 5.41) is 6.44. The fourth-order valence-electron chi connectivity index (χ4n) is 2.19. The maximum absolute atomic E-state index is 12.1. The molecule has 0 aliphatic heterocycles. The van der Waals surface area contributed by atoms with Gasteiger partial charge in [-0.2, -0.15) is 0 Å². The highest BCUT2D eigenvalue weighted by atomic mass is 35.5. The second-order valence-corrected chi connectivity index (χ2v) is 6.11. The number of halogens is 2. The number of carbonyl (C=O) groups excluding carboxylic acids is 2. The molecular formula is C15H18Cl2N2O3. The second kappa shape index (κ2) is 7.81. The molecule has 7 heteroatoms. The predicted molar refractivity (Wildman–Crippen MR) is 86.2 cm³/mol. The van der Waals surface area contributed by atoms with E-state index in [1.807, 2.05) is 0 Å². The standard InChI is InChI=1S/C15H18Cl2N2O3/c1-22-4-2-3-18-14(20)12-8-13(12)15(21)19-11-6-9(16)5-10(17)7-11/h5-7,12-13H,2-4,8H2,1H3,(H,18,20)(H,19,21). The lowest BCUT2D eigenvalue weighted by Crippen LogP contribution is -2.28. The number of methoxy groups -OCH3 is 1. The molecule has 2 rings (SSSR count). The van der Waals surface area contributed by atoms with Crippen molar-refractivity contribution >= 4 is 40.7 Å². The Labute approximate surface area is 139 Å². The van der Waals surface area contributed by atoms with E-state index < -0.39 is 0 Å². The van der Waals surface area contributed by atoms with Gasteiger partial charge in [0.25, 0.3) is 0 Å². The highest BCUT2D eigenvalue weighted by molar-refractivity contribution is 6.35. The Morgan fingerprint density at radius 3 is 2.45 bits per heavy atom. The Kier molecular flexibility index (Phi) is 6.06. The highest BCUT2D eigenvalue weighted by Gasteiger charge is 2.47. The van der Waals surface area contributed by atoms with Crippen molar-refractivity contribution in [3.8, 4) is 0 Å². The minimum Gasteiger partial charge on any atom is -0.385 e. The van der Waals surface area contributed by atoms with Crippen molar-refractivity contribution in [3.63, 3.8) is 0 Å². The molecule has 2 atom stereocenters. The van der Waals surface area contributed by atoms with Gasteiger partial charge >= 0.3 is 0 Å². The van der Waals surface area contributed by atoms with Crippen LogP contribution in [0.15, 0.2) is 18.2 Å². The van der Waals surface area contributed by atoms with Crippen LogP contribution < -0.4 is 10.6 Å². The van der Waals surface area contributed by atoms with Gasteiger partial charge < -0.3 is 15.4 Å². The van der Waals surface area contributed by atoms with Gasteiger partial charge in [0.1, 0.15) is 0 Å². The van der Waals surface area contributed by atoms with Crippen LogP contribution >= 0.6 is 23.2 Å². The fourth-order valence-corrected chi connectivity index (χ4v) is 2.72. The zero-order valence-corrected chi connectivity index (χ0v) is 13.7. The van der Waals surface area contributed by atoms with Gasteiger partial charge in [-0.3, -0.25) is 9.59 Å². The molecule has 0 aromatic heterocycles. The van der Waals surface area contributed by atoms with Crippen molar-refractivity contribution < 1.29 is 14.3 Å². The number of anilines is 1. The maximum atomic E-state index is 12.1. The van der Waals surface area contributed by atoms with E-state index in [9.17, 15) is 9.59 Å². The summed E-state index contributed by atoms with van der Waals surface area (Å²) in [6.07, 6.45) is 1.32. The minimum atomic E-state index is -0.291. The van der Waals surface area contributed by atoms with Crippen LogP contribution in [0, 0.1) is 11.8 Å². The lowest BCUT2D eigenvalue weighted by Gasteiger charge is -2.07. The van der Waals surface area contributed by atoms with Crippen molar-refractivity contribution in [1.29, 1.82) is 0 Å². The third-order valence-electron chi connectivity index (χ3n) is 3.42. The molecule has 2 unspecified atom stereocenters. The van der Waals surface area contributed by atoms with Crippen LogP contribution in [-0.2, 0) is 14.3 Å². The molecule has 120 valence electrons. The van der Waals surface area contributed by atoms with Crippen LogP contribution in [0.3, 0.4) is 0 Å². The Morgan fingerprint density at radius 2 is 1.82 bits per heavy atom. The van der Waals surface area contributed by atoms with Gasteiger partial charge in [-0.1, -0.05) is 23.2 Å². The third kappa shape index (κ3) is 4.87. The zero-order valence-electron chi connectivity index (χ0n) is 12.2. The molecule has 0 spiro atoms. The quantitative estimate of drug-likeness (QED) is 0.747. The Balaban J connectivity index is 1.79. The van der Waals surface area contributed by atoms with Crippen LogP contribution in [0.25, 0.3) is 0 Å². The summed E-state index contributed by atoms with van der Waals surface area (Å²) in [7, 11) is 1.62. The fraction of sp³-hybridized carbons (Fsp3) is 0.467. The third-order valence-corrected chi connectivity index (χ3v) is 3.85. The van der Waals surface area contributed by atoms with Crippen LogP contribution in [0.5, 0.6) is 0 Å². The molecule has 1 aliphatic rings. The smallest absolute Gasteiger partial charge is 0.228 e. The zero-order chi connectivity index (χ0) is 16.1. The van der Waals surface area contributed by atoms with Gasteiger partial charge in [-0.25, -0.2) is 0 Å². The molecule has 0 saturated heterocycles. The minimum absolute atomic E-state index is 0.0830. The number of benzene rings is 1. The summed E-state index contributed by atoms with van der Waals surface area (Å²) in [5.41, 5.74) is 0.536. The molecule has 2 N–H and O–H groups in total. The number of rotatable bonds is 7. The number of amides is 2. The van der Waals surface area contributed by atoms with Crippen molar-refractivity contribution in [1.82, 2.24) is 5.32 Å². The largest absolute Gasteiger partial charge is 0.385 e. The average molecular weight is 345 g/mol. The first-order valence-corrected chi connectivity index (χ1v) is 7.80. The van der Waals surface area contributed by atoms with Crippen LogP contribution in [0.1, 0.15) is 12.8 Å². The number of nitrogens with one attached hydrogen (secondary N) is 2. The van der Waals surface area contributed by atoms with Crippen LogP contribution in [0.2, 0.25) is 10.0 Å². The lowest BCUT2D eigenvalue weighted by atomic mass is 10.2. The number of carbonyl (C=O) groups is 2. The van der Waals surface area contributed by atoms with E-state index in [4.69, 9.17) is 27.9 Å². The number of ether oxygens (including phenoxy) is 1. The molecular weight excluding hydrogens is 327 g/mol. The number of hydrogen-bond acceptors (Lipinski definition) is 3. The van der Waals surface area contributed by atoms with E-state index in [0.717, 1.165) is 6.42 Å². The number of hydrogen-bond donors (Lipinski definition) is 2. The summed E-state index contributed by atoms with van der Waals surface area (Å²) in [6.45, 7) is 1.16. The van der Waals surface area contributed by atoms with Gasteiger partial charge in [-0.15, -0.1) is 0 Å². The Bertz CT molecular complexity index is 545. The van der Waals surface area contributed by atoms with Gasteiger partial charge in [0, 0.05) is 36.0 Å². The molecule has 1 aromatic carbocycles. The van der Waals surface area contributed by atoms with E-state index in [2.05, 4.69) is 10.6 Å². The first-order valence-electron chi connectivity index (χ1n) is 7.05. The Morgan fingerprint density at radius 1 is 1.18 bits per heavy atom. The topological polar surface area (TPSA) is 67.4 Å². The van der Waals surface area contributed by atoms with E-state index in [1.165, 1.54) is 0 Å². The van der Waals surface area contributed by atoms with Crippen molar-refractivity contribution in [2.45, 2.75) is 12.8 Å². The van der Waals surface area contributed by atoms with Crippen LogP contribution in [0.4, 0.5) is 5.69 Å². The second-order valence-electron chi connectivity index (χ2n) is 5.23. The molecule has 2 amide bonds. The van der Waals surface area contributed by atoms with Crippen molar-refractivity contribution in [2.75, 3.05) is 25.6 Å². The first-order chi connectivity index (χ1) is 10.5. The average Bonchev–Trinajstić information content (AvgIpc) is 3.22. The summed E-state index contributed by atoms with van der Waals surface area (Å²) in [4.78, 5) is 24.0. The predicted octanol–water partition coefficient (Wildman–Crippen LogP) is 2.72. The molecule has 22 heavy (non-hydrogen) atoms. The summed E-state index contributed by atoms with van der Waals surface area (Å²) >= 11 is 11.8. The van der Waals surface area contributed by atoms with E-state index >= 15 is 0 Å². The van der Waals surface area contributed by atoms with Gasteiger partial charge in [0.15, 0.2) is 0 Å². The summed E-state index contributed by atoms with van der Waals surface area (Å²) in [6, 6.07) is 4.83. The summed E-state index contributed by atoms with van der Waals surface area (Å²) < 4.78 is 4.91. The monoisotopic (exact) mass is 344 g/mol. The van der Waals surface area contributed by atoms with Gasteiger partial charge in [0.2, 0.25) is 11.8 Å². The molecule has 0 bridgehead atoms. The maximum Gasteiger partial charge on any atom is 0.228 e.